The predicted octanol–water partition coefficient (Wildman–Crippen LogP) is 0.488. The number of aromatic nitrogens is 2. The van der Waals surface area contributed by atoms with Gasteiger partial charge in [0.05, 0.1) is 11.4 Å². The minimum absolute atomic E-state index is 0.132. The van der Waals surface area contributed by atoms with Gasteiger partial charge in [-0.3, -0.25) is 0 Å². The molecule has 19 heavy (non-hydrogen) atoms. The molecule has 0 radical (unpaired) electrons. The summed E-state index contributed by atoms with van der Waals surface area (Å²) in [6.45, 7) is 1.06. The molecular weight excluding hydrogens is 248 g/mol. The molecule has 0 aliphatic rings. The molecule has 0 spiro atoms. The summed E-state index contributed by atoms with van der Waals surface area (Å²) < 4.78 is 4.67. The number of nitrogens with one attached hydrogen (secondary N) is 2. The average Bonchev–Trinajstić information content (AvgIpc) is 2.86. The van der Waals surface area contributed by atoms with Crippen molar-refractivity contribution in [2.45, 2.75) is 0 Å². The van der Waals surface area contributed by atoms with Crippen molar-refractivity contribution in [3.63, 3.8) is 0 Å². The van der Waals surface area contributed by atoms with Crippen LogP contribution < -0.4 is 16.4 Å². The van der Waals surface area contributed by atoms with E-state index in [1.165, 1.54) is 4.90 Å². The van der Waals surface area contributed by atoms with E-state index in [2.05, 4.69) is 25.6 Å². The first kappa shape index (κ1) is 12.9. The number of nitrogen functional groups attached to an aromatic ring is 1. The number of hydrogen-bond donors (Lipinski definition) is 3. The van der Waals surface area contributed by atoms with E-state index in [-0.39, 0.29) is 6.03 Å². The standard InChI is InChI=1S/C11H16N6O2/c1-17(2)11(18)14-6-5-13-8-4-3-7(12)9-10(8)16-19-15-9/h3-4,13H,5-6,12H2,1-2H3,(H,14,18). The van der Waals surface area contributed by atoms with Gasteiger partial charge in [-0.25, -0.2) is 9.42 Å². The number of urea groups is 1. The first-order chi connectivity index (χ1) is 9.09. The molecule has 2 rings (SSSR count). The number of benzene rings is 1. The number of amides is 2. The quantitative estimate of drug-likeness (QED) is 0.547. The van der Waals surface area contributed by atoms with Crippen molar-refractivity contribution >= 4 is 28.4 Å². The SMILES string of the molecule is CN(C)C(=O)NCCNc1ccc(N)c2nonc12. The van der Waals surface area contributed by atoms with Crippen LogP contribution in [0.3, 0.4) is 0 Å². The van der Waals surface area contributed by atoms with Crippen molar-refractivity contribution in [2.75, 3.05) is 38.2 Å². The largest absolute Gasteiger partial charge is 0.397 e. The molecule has 0 saturated heterocycles. The van der Waals surface area contributed by atoms with Gasteiger partial charge in [-0.15, -0.1) is 0 Å². The van der Waals surface area contributed by atoms with E-state index in [0.29, 0.717) is 29.8 Å². The number of fused-ring (bicyclic) bond motifs is 1. The first-order valence-electron chi connectivity index (χ1n) is 5.79. The summed E-state index contributed by atoms with van der Waals surface area (Å²) in [4.78, 5) is 12.8. The minimum atomic E-state index is -0.132. The lowest BCUT2D eigenvalue weighted by Crippen LogP contribution is -2.37. The van der Waals surface area contributed by atoms with Gasteiger partial charge in [-0.1, -0.05) is 0 Å². The molecule has 0 atom stereocenters. The van der Waals surface area contributed by atoms with Crippen molar-refractivity contribution in [2.24, 2.45) is 0 Å². The fraction of sp³-hybridized carbons (Fsp3) is 0.364. The van der Waals surface area contributed by atoms with E-state index in [1.807, 2.05) is 0 Å². The van der Waals surface area contributed by atoms with E-state index in [1.54, 1.807) is 26.2 Å². The third-order valence-corrected chi connectivity index (χ3v) is 2.57. The summed E-state index contributed by atoms with van der Waals surface area (Å²) in [7, 11) is 3.38. The Labute approximate surface area is 109 Å². The zero-order chi connectivity index (χ0) is 13.8. The van der Waals surface area contributed by atoms with Crippen LogP contribution in [0.15, 0.2) is 16.8 Å². The molecule has 0 unspecified atom stereocenters. The second-order valence-corrected chi connectivity index (χ2v) is 4.22. The summed E-state index contributed by atoms with van der Waals surface area (Å²) in [5.41, 5.74) is 8.14. The second-order valence-electron chi connectivity index (χ2n) is 4.22. The number of hydrogen-bond acceptors (Lipinski definition) is 6. The molecule has 102 valence electrons. The summed E-state index contributed by atoms with van der Waals surface area (Å²) >= 11 is 0. The normalized spacial score (nSPS) is 10.4. The van der Waals surface area contributed by atoms with Crippen LogP contribution in [0.4, 0.5) is 16.2 Å². The lowest BCUT2D eigenvalue weighted by atomic mass is 10.2. The Morgan fingerprint density at radius 3 is 2.79 bits per heavy atom. The van der Waals surface area contributed by atoms with E-state index < -0.39 is 0 Å². The van der Waals surface area contributed by atoms with E-state index in [4.69, 9.17) is 5.73 Å². The molecule has 1 aromatic heterocycles. The van der Waals surface area contributed by atoms with Crippen LogP contribution in [-0.4, -0.2) is 48.4 Å². The van der Waals surface area contributed by atoms with Gasteiger partial charge in [0.25, 0.3) is 0 Å². The minimum Gasteiger partial charge on any atom is -0.397 e. The molecule has 0 saturated carbocycles. The molecule has 2 amide bonds. The maximum absolute atomic E-state index is 11.3. The Balaban J connectivity index is 1.94. The number of rotatable bonds is 4. The average molecular weight is 264 g/mol. The van der Waals surface area contributed by atoms with E-state index in [0.717, 1.165) is 5.69 Å². The van der Waals surface area contributed by atoms with Crippen LogP contribution in [0.2, 0.25) is 0 Å². The monoisotopic (exact) mass is 264 g/mol. The molecule has 0 bridgehead atoms. The lowest BCUT2D eigenvalue weighted by Gasteiger charge is -2.12. The highest BCUT2D eigenvalue weighted by atomic mass is 16.6. The number of carbonyl (C=O) groups is 1. The lowest BCUT2D eigenvalue weighted by molar-refractivity contribution is 0.218. The highest BCUT2D eigenvalue weighted by Gasteiger charge is 2.09. The van der Waals surface area contributed by atoms with Crippen molar-refractivity contribution in [3.05, 3.63) is 12.1 Å². The van der Waals surface area contributed by atoms with Crippen molar-refractivity contribution < 1.29 is 9.42 Å². The first-order valence-corrected chi connectivity index (χ1v) is 5.79. The van der Waals surface area contributed by atoms with Crippen molar-refractivity contribution in [1.29, 1.82) is 0 Å². The second kappa shape index (κ2) is 5.42. The van der Waals surface area contributed by atoms with Gasteiger partial charge >= 0.3 is 6.03 Å². The Bertz CT molecular complexity index is 580. The van der Waals surface area contributed by atoms with Gasteiger partial charge in [0.15, 0.2) is 11.0 Å². The van der Waals surface area contributed by atoms with Crippen molar-refractivity contribution in [1.82, 2.24) is 20.5 Å². The smallest absolute Gasteiger partial charge is 0.316 e. The molecular formula is C11H16N6O2. The molecule has 8 nitrogen and oxygen atoms in total. The van der Waals surface area contributed by atoms with Crippen LogP contribution in [0, 0.1) is 0 Å². The topological polar surface area (TPSA) is 109 Å². The number of nitrogens with two attached hydrogens (primary N) is 1. The highest BCUT2D eigenvalue weighted by Crippen LogP contribution is 2.24. The Morgan fingerprint density at radius 1 is 1.32 bits per heavy atom. The summed E-state index contributed by atoms with van der Waals surface area (Å²) in [5, 5.41) is 13.4. The highest BCUT2D eigenvalue weighted by molar-refractivity contribution is 5.94. The zero-order valence-electron chi connectivity index (χ0n) is 10.8. The Morgan fingerprint density at radius 2 is 2.05 bits per heavy atom. The molecule has 8 heteroatoms. The van der Waals surface area contributed by atoms with Crippen molar-refractivity contribution in [3.8, 4) is 0 Å². The number of anilines is 2. The molecule has 1 aromatic carbocycles. The maximum Gasteiger partial charge on any atom is 0.316 e. The van der Waals surface area contributed by atoms with Crippen LogP contribution in [0.1, 0.15) is 0 Å². The van der Waals surface area contributed by atoms with Gasteiger partial charge < -0.3 is 21.3 Å². The van der Waals surface area contributed by atoms with E-state index in [9.17, 15) is 4.79 Å². The van der Waals surface area contributed by atoms with Gasteiger partial charge in [0.1, 0.15) is 0 Å². The van der Waals surface area contributed by atoms with Gasteiger partial charge in [-0.05, 0) is 22.4 Å². The fourth-order valence-corrected chi connectivity index (χ4v) is 1.55. The third-order valence-electron chi connectivity index (χ3n) is 2.57. The molecule has 0 fully saturated rings. The van der Waals surface area contributed by atoms with Crippen LogP contribution in [0.25, 0.3) is 11.0 Å². The molecule has 1 heterocycles. The third kappa shape index (κ3) is 2.84. The summed E-state index contributed by atoms with van der Waals surface area (Å²) in [6.07, 6.45) is 0. The Kier molecular flexibility index (Phi) is 3.69. The maximum atomic E-state index is 11.3. The predicted molar refractivity (Wildman–Crippen MR) is 71.8 cm³/mol. The summed E-state index contributed by atoms with van der Waals surface area (Å²) in [5.74, 6) is 0. The Hall–Kier alpha value is -2.51. The zero-order valence-corrected chi connectivity index (χ0v) is 10.8. The van der Waals surface area contributed by atoms with Crippen LogP contribution >= 0.6 is 0 Å². The van der Waals surface area contributed by atoms with Crippen LogP contribution in [0.5, 0.6) is 0 Å². The molecule has 0 aliphatic carbocycles. The van der Waals surface area contributed by atoms with Gasteiger partial charge in [0.2, 0.25) is 0 Å². The molecule has 4 N–H and O–H groups in total. The summed E-state index contributed by atoms with van der Waals surface area (Å²) in [6, 6.07) is 3.40. The molecule has 0 aliphatic heterocycles. The van der Waals surface area contributed by atoms with Gasteiger partial charge in [0, 0.05) is 27.2 Å². The van der Waals surface area contributed by atoms with Crippen LogP contribution in [-0.2, 0) is 0 Å². The number of nitrogens with zero attached hydrogens (tertiary/aromatic N) is 3. The van der Waals surface area contributed by atoms with Gasteiger partial charge in [-0.2, -0.15) is 0 Å². The van der Waals surface area contributed by atoms with E-state index >= 15 is 0 Å². The number of carbonyl (C=O) groups excluding carboxylic acids is 1. The molecule has 2 aromatic rings. The fourth-order valence-electron chi connectivity index (χ4n) is 1.55.